The number of aliphatic hydroxyl groups excluding tert-OH is 1. The molecule has 1 N–H and O–H groups in total. The van der Waals surface area contributed by atoms with E-state index in [4.69, 9.17) is 4.43 Å². The first-order valence-electron chi connectivity index (χ1n) is 6.96. The van der Waals surface area contributed by atoms with Crippen LogP contribution in [0.5, 0.6) is 0 Å². The van der Waals surface area contributed by atoms with Crippen molar-refractivity contribution in [3.05, 3.63) is 0 Å². The molecular formula is C13H24F3NO3Si. The summed E-state index contributed by atoms with van der Waals surface area (Å²) in [6.45, 7) is 9.53. The monoisotopic (exact) mass is 327 g/mol. The Morgan fingerprint density at radius 2 is 1.86 bits per heavy atom. The Hall–Kier alpha value is -0.603. The van der Waals surface area contributed by atoms with E-state index in [0.29, 0.717) is 4.90 Å². The Balaban J connectivity index is 2.81. The molecule has 4 nitrogen and oxygen atoms in total. The molecule has 8 heteroatoms. The molecule has 0 aliphatic carbocycles. The zero-order valence-electron chi connectivity index (χ0n) is 13.1. The van der Waals surface area contributed by atoms with Crippen molar-refractivity contribution in [2.24, 2.45) is 0 Å². The number of alkyl halides is 3. The molecule has 0 unspecified atom stereocenters. The van der Waals surface area contributed by atoms with E-state index in [9.17, 15) is 23.1 Å². The minimum absolute atomic E-state index is 0.0663. The van der Waals surface area contributed by atoms with Crippen LogP contribution >= 0.6 is 0 Å². The fourth-order valence-electron chi connectivity index (χ4n) is 2.14. The molecule has 1 saturated heterocycles. The van der Waals surface area contributed by atoms with Crippen molar-refractivity contribution < 1.29 is 27.5 Å². The minimum atomic E-state index is -4.92. The number of carbonyl (C=O) groups is 1. The zero-order chi connectivity index (χ0) is 16.6. The Labute approximate surface area is 124 Å². The molecule has 0 aromatic carbocycles. The Morgan fingerprint density at radius 3 is 2.24 bits per heavy atom. The lowest BCUT2D eigenvalue weighted by Crippen LogP contribution is -2.47. The highest BCUT2D eigenvalue weighted by molar-refractivity contribution is 6.74. The van der Waals surface area contributed by atoms with Gasteiger partial charge < -0.3 is 14.4 Å². The van der Waals surface area contributed by atoms with Gasteiger partial charge in [-0.15, -0.1) is 0 Å². The van der Waals surface area contributed by atoms with Crippen LogP contribution in [0.15, 0.2) is 0 Å². The average Bonchev–Trinajstić information content (AvgIpc) is 2.67. The molecule has 1 aliphatic rings. The Bertz CT molecular complexity index is 393. The zero-order valence-corrected chi connectivity index (χ0v) is 14.1. The molecular weight excluding hydrogens is 303 g/mol. The van der Waals surface area contributed by atoms with E-state index in [0.717, 1.165) is 0 Å². The van der Waals surface area contributed by atoms with Crippen molar-refractivity contribution in [3.8, 4) is 0 Å². The van der Waals surface area contributed by atoms with Crippen molar-refractivity contribution >= 4 is 14.2 Å². The van der Waals surface area contributed by atoms with E-state index >= 15 is 0 Å². The highest BCUT2D eigenvalue weighted by Gasteiger charge is 2.49. The van der Waals surface area contributed by atoms with Gasteiger partial charge in [0.2, 0.25) is 0 Å². The van der Waals surface area contributed by atoms with E-state index < -0.39 is 39.2 Å². The van der Waals surface area contributed by atoms with Crippen LogP contribution in [-0.2, 0) is 9.22 Å². The van der Waals surface area contributed by atoms with Gasteiger partial charge in [-0.2, -0.15) is 13.2 Å². The van der Waals surface area contributed by atoms with Gasteiger partial charge in [-0.3, -0.25) is 4.79 Å². The highest BCUT2D eigenvalue weighted by atomic mass is 28.4. The third-order valence-corrected chi connectivity index (χ3v) is 8.89. The lowest BCUT2D eigenvalue weighted by molar-refractivity contribution is -0.187. The molecule has 124 valence electrons. The van der Waals surface area contributed by atoms with Crippen molar-refractivity contribution in [1.29, 1.82) is 0 Å². The molecule has 0 spiro atoms. The van der Waals surface area contributed by atoms with Crippen LogP contribution in [0.3, 0.4) is 0 Å². The van der Waals surface area contributed by atoms with E-state index in [1.807, 2.05) is 33.9 Å². The molecule has 0 aromatic rings. The maximum Gasteiger partial charge on any atom is 0.471 e. The number of hydrogen-bond acceptors (Lipinski definition) is 3. The predicted octanol–water partition coefficient (Wildman–Crippen LogP) is 2.53. The SMILES string of the molecule is CC(C)(C)[Si](C)(C)O[C@@H]1C[C@@H](CO)N(C(=O)C(F)(F)F)C1. The van der Waals surface area contributed by atoms with Gasteiger partial charge in [-0.05, 0) is 24.6 Å². The minimum Gasteiger partial charge on any atom is -0.412 e. The number of hydrogen-bond donors (Lipinski definition) is 1. The van der Waals surface area contributed by atoms with E-state index in [-0.39, 0.29) is 18.0 Å². The van der Waals surface area contributed by atoms with Gasteiger partial charge in [0.05, 0.1) is 18.8 Å². The Kier molecular flexibility index (Phi) is 5.17. The number of carbonyl (C=O) groups excluding carboxylic acids is 1. The summed E-state index contributed by atoms with van der Waals surface area (Å²) in [5.74, 6) is -1.90. The number of likely N-dealkylation sites (tertiary alicyclic amines) is 1. The maximum absolute atomic E-state index is 12.6. The number of aliphatic hydroxyl groups is 1. The summed E-state index contributed by atoms with van der Waals surface area (Å²) in [5, 5.41) is 9.16. The number of nitrogens with zero attached hydrogens (tertiary/aromatic N) is 1. The quantitative estimate of drug-likeness (QED) is 0.811. The van der Waals surface area contributed by atoms with Crippen LogP contribution in [0.2, 0.25) is 18.1 Å². The molecule has 0 saturated carbocycles. The van der Waals surface area contributed by atoms with Crippen LogP contribution < -0.4 is 0 Å². The van der Waals surface area contributed by atoms with Gasteiger partial charge in [0.25, 0.3) is 0 Å². The fraction of sp³-hybridized carbons (Fsp3) is 0.923. The lowest BCUT2D eigenvalue weighted by Gasteiger charge is -2.38. The molecule has 2 atom stereocenters. The summed E-state index contributed by atoms with van der Waals surface area (Å²) in [6, 6.07) is -0.825. The third kappa shape index (κ3) is 4.20. The van der Waals surface area contributed by atoms with Crippen LogP contribution in [0.4, 0.5) is 13.2 Å². The Morgan fingerprint density at radius 1 is 1.33 bits per heavy atom. The average molecular weight is 327 g/mol. The molecule has 1 heterocycles. The van der Waals surface area contributed by atoms with Gasteiger partial charge in [0.1, 0.15) is 0 Å². The van der Waals surface area contributed by atoms with Gasteiger partial charge in [-0.25, -0.2) is 0 Å². The van der Waals surface area contributed by atoms with E-state index in [1.165, 1.54) is 0 Å². The van der Waals surface area contributed by atoms with Crippen molar-refractivity contribution in [1.82, 2.24) is 4.90 Å². The second-order valence-corrected chi connectivity index (χ2v) is 11.8. The van der Waals surface area contributed by atoms with Gasteiger partial charge in [0, 0.05) is 6.54 Å². The van der Waals surface area contributed by atoms with Crippen molar-refractivity contribution in [2.75, 3.05) is 13.2 Å². The maximum atomic E-state index is 12.6. The summed E-state index contributed by atoms with van der Waals surface area (Å²) >= 11 is 0. The number of halogens is 3. The number of amides is 1. The van der Waals surface area contributed by atoms with E-state index in [2.05, 4.69) is 0 Å². The van der Waals surface area contributed by atoms with Crippen LogP contribution in [0.1, 0.15) is 27.2 Å². The largest absolute Gasteiger partial charge is 0.471 e. The molecule has 1 fully saturated rings. The van der Waals surface area contributed by atoms with Gasteiger partial charge >= 0.3 is 12.1 Å². The first-order chi connectivity index (χ1) is 9.29. The highest BCUT2D eigenvalue weighted by Crippen LogP contribution is 2.39. The normalized spacial score (nSPS) is 24.5. The van der Waals surface area contributed by atoms with Crippen LogP contribution in [0, 0.1) is 0 Å². The molecule has 0 radical (unpaired) electrons. The van der Waals surface area contributed by atoms with Gasteiger partial charge in [0.15, 0.2) is 8.32 Å². The predicted molar refractivity (Wildman–Crippen MR) is 75.3 cm³/mol. The van der Waals surface area contributed by atoms with Crippen molar-refractivity contribution in [3.63, 3.8) is 0 Å². The molecule has 0 bridgehead atoms. The topological polar surface area (TPSA) is 49.8 Å². The number of rotatable bonds is 3. The fourth-order valence-corrected chi connectivity index (χ4v) is 3.49. The molecule has 0 aromatic heterocycles. The summed E-state index contributed by atoms with van der Waals surface area (Å²) in [6.07, 6.45) is -5.13. The summed E-state index contributed by atoms with van der Waals surface area (Å²) in [5.41, 5.74) is 0. The summed E-state index contributed by atoms with van der Waals surface area (Å²) in [7, 11) is -2.12. The van der Waals surface area contributed by atoms with Gasteiger partial charge in [-0.1, -0.05) is 20.8 Å². The van der Waals surface area contributed by atoms with Crippen molar-refractivity contribution in [2.45, 2.75) is 63.6 Å². The smallest absolute Gasteiger partial charge is 0.412 e. The second-order valence-electron chi connectivity index (χ2n) is 7.03. The summed E-state index contributed by atoms with van der Waals surface area (Å²) < 4.78 is 43.7. The first-order valence-corrected chi connectivity index (χ1v) is 9.87. The molecule has 21 heavy (non-hydrogen) atoms. The third-order valence-electron chi connectivity index (χ3n) is 4.36. The molecule has 1 rings (SSSR count). The molecule has 1 aliphatic heterocycles. The second kappa shape index (κ2) is 5.89. The van der Waals surface area contributed by atoms with E-state index in [1.54, 1.807) is 0 Å². The lowest BCUT2D eigenvalue weighted by atomic mass is 10.2. The standard InChI is InChI=1S/C13H24F3NO3Si/c1-12(2,3)21(4,5)20-10-6-9(8-18)17(7-10)11(19)13(14,15)16/h9-10,18H,6-8H2,1-5H3/t9-,10+/m0/s1. The summed E-state index contributed by atoms with van der Waals surface area (Å²) in [4.78, 5) is 12.1. The van der Waals surface area contributed by atoms with Crippen LogP contribution in [0.25, 0.3) is 0 Å². The first kappa shape index (κ1) is 18.4. The van der Waals surface area contributed by atoms with Crippen LogP contribution in [-0.4, -0.2) is 55.7 Å². The molecule has 1 amide bonds.